The van der Waals surface area contributed by atoms with E-state index in [4.69, 9.17) is 0 Å². The third kappa shape index (κ3) is 5.39. The van der Waals surface area contributed by atoms with Crippen molar-refractivity contribution in [3.63, 3.8) is 0 Å². The molecule has 0 amide bonds. The Morgan fingerprint density at radius 2 is 2.11 bits per heavy atom. The smallest absolute Gasteiger partial charge is 0.0275 e. The van der Waals surface area contributed by atoms with Crippen LogP contribution in [0.5, 0.6) is 0 Å². The summed E-state index contributed by atoms with van der Waals surface area (Å²) in [6.45, 7) is 6.45. The van der Waals surface area contributed by atoms with E-state index in [1.54, 1.807) is 0 Å². The molecule has 0 aliphatic rings. The van der Waals surface area contributed by atoms with E-state index in [1.807, 2.05) is 0 Å². The standard InChI is InChI=1S/C9H16/c1-4-6-7-8-9(3)5-2/h7H,4-6H2,1-3H3. The topological polar surface area (TPSA) is 0 Å². The molecular weight excluding hydrogens is 108 g/mol. The third-order valence-electron chi connectivity index (χ3n) is 1.31. The quantitative estimate of drug-likeness (QED) is 0.506. The summed E-state index contributed by atoms with van der Waals surface area (Å²) in [4.78, 5) is 0. The molecular formula is C9H16. The molecule has 9 heavy (non-hydrogen) atoms. The van der Waals surface area contributed by atoms with Crippen molar-refractivity contribution in [2.45, 2.75) is 40.0 Å². The molecule has 0 aromatic carbocycles. The molecule has 0 bridgehead atoms. The summed E-state index contributed by atoms with van der Waals surface area (Å²) in [6, 6.07) is 0. The SMILES string of the molecule is CCCC=C=C(C)CC. The molecule has 0 fully saturated rings. The zero-order valence-corrected chi connectivity index (χ0v) is 6.70. The van der Waals surface area contributed by atoms with Crippen LogP contribution in [0, 0.1) is 0 Å². The maximum atomic E-state index is 3.22. The summed E-state index contributed by atoms with van der Waals surface area (Å²) in [5.74, 6) is 0. The highest BCUT2D eigenvalue weighted by Crippen LogP contribution is 1.95. The van der Waals surface area contributed by atoms with Crippen molar-refractivity contribution < 1.29 is 0 Å². The first-order chi connectivity index (χ1) is 4.31. The van der Waals surface area contributed by atoms with Crippen molar-refractivity contribution in [1.29, 1.82) is 0 Å². The van der Waals surface area contributed by atoms with Crippen molar-refractivity contribution in [2.24, 2.45) is 0 Å². The van der Waals surface area contributed by atoms with Crippen molar-refractivity contribution in [3.8, 4) is 0 Å². The van der Waals surface area contributed by atoms with E-state index in [9.17, 15) is 0 Å². The zero-order chi connectivity index (χ0) is 7.11. The fourth-order valence-corrected chi connectivity index (χ4v) is 0.493. The van der Waals surface area contributed by atoms with Gasteiger partial charge in [-0.05, 0) is 31.4 Å². The van der Waals surface area contributed by atoms with E-state index in [2.05, 4.69) is 32.6 Å². The van der Waals surface area contributed by atoms with Gasteiger partial charge >= 0.3 is 0 Å². The minimum Gasteiger partial charge on any atom is -0.126 e. The molecule has 0 saturated carbocycles. The molecule has 0 aliphatic heterocycles. The average molecular weight is 124 g/mol. The van der Waals surface area contributed by atoms with Gasteiger partial charge in [-0.3, -0.25) is 0 Å². The van der Waals surface area contributed by atoms with Gasteiger partial charge < -0.3 is 0 Å². The molecule has 0 heteroatoms. The lowest BCUT2D eigenvalue weighted by Gasteiger charge is -1.84. The Kier molecular flexibility index (Phi) is 5.35. The first-order valence-corrected chi connectivity index (χ1v) is 3.71. The van der Waals surface area contributed by atoms with Crippen LogP contribution in [0.2, 0.25) is 0 Å². The lowest BCUT2D eigenvalue weighted by molar-refractivity contribution is 0.957. The Hall–Kier alpha value is -0.480. The van der Waals surface area contributed by atoms with Crippen LogP contribution in [-0.2, 0) is 0 Å². The first kappa shape index (κ1) is 8.52. The van der Waals surface area contributed by atoms with E-state index in [1.165, 1.54) is 12.0 Å². The van der Waals surface area contributed by atoms with Gasteiger partial charge in [-0.2, -0.15) is 0 Å². The molecule has 0 spiro atoms. The molecule has 0 atom stereocenters. The van der Waals surface area contributed by atoms with Gasteiger partial charge in [0.05, 0.1) is 0 Å². The number of unbranched alkanes of at least 4 members (excludes halogenated alkanes) is 1. The van der Waals surface area contributed by atoms with Gasteiger partial charge in [0.2, 0.25) is 0 Å². The highest BCUT2D eigenvalue weighted by molar-refractivity contribution is 4.96. The molecule has 0 aromatic heterocycles. The molecule has 0 unspecified atom stereocenters. The lowest BCUT2D eigenvalue weighted by Crippen LogP contribution is -1.65. The van der Waals surface area contributed by atoms with Crippen LogP contribution in [-0.4, -0.2) is 0 Å². The van der Waals surface area contributed by atoms with E-state index in [-0.39, 0.29) is 0 Å². The Morgan fingerprint density at radius 1 is 1.44 bits per heavy atom. The zero-order valence-electron chi connectivity index (χ0n) is 6.70. The molecule has 0 aliphatic carbocycles. The monoisotopic (exact) mass is 124 g/mol. The van der Waals surface area contributed by atoms with E-state index < -0.39 is 0 Å². The van der Waals surface area contributed by atoms with Crippen LogP contribution in [0.1, 0.15) is 40.0 Å². The lowest BCUT2D eigenvalue weighted by atomic mass is 10.2. The summed E-state index contributed by atoms with van der Waals surface area (Å²) in [6.07, 6.45) is 5.64. The molecule has 0 aromatic rings. The van der Waals surface area contributed by atoms with Gasteiger partial charge in [-0.15, -0.1) is 5.73 Å². The van der Waals surface area contributed by atoms with Crippen LogP contribution in [0.4, 0.5) is 0 Å². The van der Waals surface area contributed by atoms with Crippen LogP contribution in [0.25, 0.3) is 0 Å². The fourth-order valence-electron chi connectivity index (χ4n) is 0.493. The molecule has 0 nitrogen and oxygen atoms in total. The summed E-state index contributed by atoms with van der Waals surface area (Å²) in [5, 5.41) is 0. The summed E-state index contributed by atoms with van der Waals surface area (Å²) < 4.78 is 0. The second kappa shape index (κ2) is 5.65. The normalized spacial score (nSPS) is 8.33. The van der Waals surface area contributed by atoms with Crippen molar-refractivity contribution in [2.75, 3.05) is 0 Å². The van der Waals surface area contributed by atoms with Gasteiger partial charge in [-0.1, -0.05) is 20.3 Å². The van der Waals surface area contributed by atoms with E-state index in [0.29, 0.717) is 0 Å². The Balaban J connectivity index is 3.62. The molecule has 0 saturated heterocycles. The number of hydrogen-bond acceptors (Lipinski definition) is 0. The van der Waals surface area contributed by atoms with E-state index >= 15 is 0 Å². The number of hydrogen-bond donors (Lipinski definition) is 0. The number of rotatable bonds is 3. The Morgan fingerprint density at radius 3 is 2.56 bits per heavy atom. The highest BCUT2D eigenvalue weighted by Gasteiger charge is 1.76. The second-order valence-electron chi connectivity index (χ2n) is 2.27. The average Bonchev–Trinajstić information content (AvgIpc) is 1.89. The predicted octanol–water partition coefficient (Wildman–Crippen LogP) is 3.30. The largest absolute Gasteiger partial charge is 0.126 e. The van der Waals surface area contributed by atoms with Crippen LogP contribution < -0.4 is 0 Å². The maximum absolute atomic E-state index is 3.22. The predicted molar refractivity (Wildman–Crippen MR) is 42.5 cm³/mol. The minimum absolute atomic E-state index is 1.13. The fraction of sp³-hybridized carbons (Fsp3) is 0.667. The van der Waals surface area contributed by atoms with Gasteiger partial charge in [-0.25, -0.2) is 0 Å². The second-order valence-corrected chi connectivity index (χ2v) is 2.27. The van der Waals surface area contributed by atoms with Crippen LogP contribution in [0.3, 0.4) is 0 Å². The van der Waals surface area contributed by atoms with Gasteiger partial charge in [0.25, 0.3) is 0 Å². The molecule has 0 N–H and O–H groups in total. The molecule has 52 valence electrons. The summed E-state index contributed by atoms with van der Waals surface area (Å²) in [5.41, 5.74) is 4.58. The number of allylic oxidation sites excluding steroid dienone is 1. The maximum Gasteiger partial charge on any atom is -0.0275 e. The molecule has 0 rings (SSSR count). The van der Waals surface area contributed by atoms with Crippen LogP contribution in [0.15, 0.2) is 17.4 Å². The van der Waals surface area contributed by atoms with Crippen molar-refractivity contribution in [1.82, 2.24) is 0 Å². The van der Waals surface area contributed by atoms with Crippen molar-refractivity contribution >= 4 is 0 Å². The van der Waals surface area contributed by atoms with Crippen LogP contribution >= 0.6 is 0 Å². The van der Waals surface area contributed by atoms with Gasteiger partial charge in [0.1, 0.15) is 0 Å². The van der Waals surface area contributed by atoms with Gasteiger partial charge in [0.15, 0.2) is 0 Å². The third-order valence-corrected chi connectivity index (χ3v) is 1.31. The highest BCUT2D eigenvalue weighted by atomic mass is 13.8. The Bertz CT molecular complexity index is 114. The summed E-state index contributed by atoms with van der Waals surface area (Å²) in [7, 11) is 0. The first-order valence-electron chi connectivity index (χ1n) is 3.71. The summed E-state index contributed by atoms with van der Waals surface area (Å²) >= 11 is 0. The Labute approximate surface area is 58.3 Å². The van der Waals surface area contributed by atoms with E-state index in [0.717, 1.165) is 12.8 Å². The van der Waals surface area contributed by atoms with Gasteiger partial charge in [0, 0.05) is 0 Å². The molecule has 0 heterocycles. The van der Waals surface area contributed by atoms with Crippen molar-refractivity contribution in [3.05, 3.63) is 17.4 Å². The minimum atomic E-state index is 1.13. The molecule has 0 radical (unpaired) electrons.